The first-order valence-corrected chi connectivity index (χ1v) is 11.2. The van der Waals surface area contributed by atoms with Crippen molar-refractivity contribution in [2.24, 2.45) is 0 Å². The molecule has 0 spiro atoms. The lowest BCUT2D eigenvalue weighted by molar-refractivity contribution is -0.125. The maximum absolute atomic E-state index is 12.6. The van der Waals surface area contributed by atoms with Gasteiger partial charge in [0.05, 0.1) is 13.2 Å². The van der Waals surface area contributed by atoms with Crippen LogP contribution in [0.4, 0.5) is 4.79 Å². The molecule has 31 heavy (non-hydrogen) atoms. The Morgan fingerprint density at radius 1 is 0.935 bits per heavy atom. The van der Waals surface area contributed by atoms with Gasteiger partial charge in [-0.3, -0.25) is 14.6 Å². The summed E-state index contributed by atoms with van der Waals surface area (Å²) >= 11 is 0. The van der Waals surface area contributed by atoms with Gasteiger partial charge in [-0.1, -0.05) is 61.9 Å². The molecule has 0 unspecified atom stereocenters. The highest BCUT2D eigenvalue weighted by Gasteiger charge is 2.35. The summed E-state index contributed by atoms with van der Waals surface area (Å²) in [6.07, 6.45) is 1.81. The van der Waals surface area contributed by atoms with Crippen LogP contribution in [0.15, 0.2) is 48.5 Å². The number of carbonyl (C=O) groups excluding carboxylic acids is 2. The summed E-state index contributed by atoms with van der Waals surface area (Å²) in [7, 11) is 0. The summed E-state index contributed by atoms with van der Waals surface area (Å²) in [5.74, 6) is -0.0906. The lowest BCUT2D eigenvalue weighted by atomic mass is 9.98. The second kappa shape index (κ2) is 10.1. The molecule has 0 N–H and O–H groups in total. The van der Waals surface area contributed by atoms with Crippen LogP contribution in [-0.4, -0.2) is 66.0 Å². The molecule has 2 aromatic carbocycles. The Balaban J connectivity index is 1.43. The van der Waals surface area contributed by atoms with Crippen molar-refractivity contribution in [1.29, 1.82) is 0 Å². The second-order valence-corrected chi connectivity index (χ2v) is 8.28. The van der Waals surface area contributed by atoms with Crippen molar-refractivity contribution in [3.63, 3.8) is 0 Å². The molecule has 2 aliphatic heterocycles. The van der Waals surface area contributed by atoms with Crippen molar-refractivity contribution in [2.75, 3.05) is 39.4 Å². The van der Waals surface area contributed by atoms with Crippen LogP contribution in [0, 0.1) is 0 Å². The van der Waals surface area contributed by atoms with E-state index in [-0.39, 0.29) is 18.5 Å². The van der Waals surface area contributed by atoms with Crippen molar-refractivity contribution in [2.45, 2.75) is 32.9 Å². The third-order valence-electron chi connectivity index (χ3n) is 6.02. The second-order valence-electron chi connectivity index (χ2n) is 8.28. The van der Waals surface area contributed by atoms with Crippen LogP contribution in [0.3, 0.4) is 0 Å². The van der Waals surface area contributed by atoms with Gasteiger partial charge < -0.3 is 9.64 Å². The molecule has 3 amide bonds. The fraction of sp³-hybridized carbons (Fsp3) is 0.440. The minimum Gasteiger partial charge on any atom is -0.379 e. The van der Waals surface area contributed by atoms with Crippen molar-refractivity contribution in [3.05, 3.63) is 59.7 Å². The summed E-state index contributed by atoms with van der Waals surface area (Å²) in [6, 6.07) is 16.7. The molecule has 0 atom stereocenters. The summed E-state index contributed by atoms with van der Waals surface area (Å²) in [5.41, 5.74) is 4.75. The Morgan fingerprint density at radius 2 is 1.68 bits per heavy atom. The minimum atomic E-state index is -0.168. The third-order valence-corrected chi connectivity index (χ3v) is 6.02. The Bertz CT molecular complexity index is 906. The minimum absolute atomic E-state index is 0.0906. The zero-order valence-corrected chi connectivity index (χ0v) is 18.3. The van der Waals surface area contributed by atoms with Gasteiger partial charge in [0.25, 0.3) is 0 Å². The highest BCUT2D eigenvalue weighted by molar-refractivity contribution is 6.01. The predicted octanol–water partition coefficient (Wildman–Crippen LogP) is 3.75. The molecule has 6 heteroatoms. The molecular weight excluding hydrogens is 390 g/mol. The van der Waals surface area contributed by atoms with E-state index >= 15 is 0 Å². The van der Waals surface area contributed by atoms with Crippen molar-refractivity contribution in [1.82, 2.24) is 14.7 Å². The number of unbranched alkanes of at least 4 members (excludes halogenated alkanes) is 1. The van der Waals surface area contributed by atoms with Gasteiger partial charge in [-0.2, -0.15) is 0 Å². The normalized spacial score (nSPS) is 17.6. The van der Waals surface area contributed by atoms with Crippen LogP contribution < -0.4 is 0 Å². The summed E-state index contributed by atoms with van der Waals surface area (Å²) in [6.45, 7) is 7.65. The number of benzene rings is 2. The Labute approximate surface area is 184 Å². The summed E-state index contributed by atoms with van der Waals surface area (Å²) in [5, 5.41) is 0. The van der Waals surface area contributed by atoms with Crippen LogP contribution >= 0.6 is 0 Å². The molecular formula is C25H31N3O3. The largest absolute Gasteiger partial charge is 0.379 e. The topological polar surface area (TPSA) is 53.1 Å². The fourth-order valence-electron chi connectivity index (χ4n) is 4.20. The SMILES string of the molecule is CCCCN1C(=O)CN(Cc2ccc(-c3ccccc3CN3CCOCC3)cc2)C1=O. The highest BCUT2D eigenvalue weighted by atomic mass is 16.5. The molecule has 0 saturated carbocycles. The van der Waals surface area contributed by atoms with Gasteiger partial charge in [0.2, 0.25) is 5.91 Å². The van der Waals surface area contributed by atoms with Crippen molar-refractivity contribution < 1.29 is 14.3 Å². The first-order chi connectivity index (χ1) is 15.2. The van der Waals surface area contributed by atoms with Crippen LogP contribution in [0.1, 0.15) is 30.9 Å². The molecule has 2 fully saturated rings. The fourth-order valence-corrected chi connectivity index (χ4v) is 4.20. The van der Waals surface area contributed by atoms with E-state index in [4.69, 9.17) is 4.74 Å². The van der Waals surface area contributed by atoms with E-state index < -0.39 is 0 Å². The lowest BCUT2D eigenvalue weighted by Gasteiger charge is -2.27. The average Bonchev–Trinajstić information content (AvgIpc) is 3.06. The van der Waals surface area contributed by atoms with Gasteiger partial charge in [0.1, 0.15) is 6.54 Å². The van der Waals surface area contributed by atoms with E-state index in [2.05, 4.69) is 60.4 Å². The summed E-state index contributed by atoms with van der Waals surface area (Å²) < 4.78 is 5.47. The molecule has 4 rings (SSSR count). The molecule has 164 valence electrons. The zero-order valence-electron chi connectivity index (χ0n) is 18.3. The van der Waals surface area contributed by atoms with Gasteiger partial charge in [0.15, 0.2) is 0 Å². The molecule has 0 aromatic heterocycles. The van der Waals surface area contributed by atoms with Crippen LogP contribution in [-0.2, 0) is 22.6 Å². The molecule has 0 aliphatic carbocycles. The quantitative estimate of drug-likeness (QED) is 0.609. The molecule has 2 saturated heterocycles. The molecule has 2 aromatic rings. The number of hydrogen-bond donors (Lipinski definition) is 0. The predicted molar refractivity (Wildman–Crippen MR) is 120 cm³/mol. The number of rotatable bonds is 8. The van der Waals surface area contributed by atoms with Gasteiger partial charge in [0, 0.05) is 32.7 Å². The monoisotopic (exact) mass is 421 g/mol. The third kappa shape index (κ3) is 5.14. The van der Waals surface area contributed by atoms with E-state index in [1.165, 1.54) is 21.6 Å². The number of amides is 3. The lowest BCUT2D eigenvalue weighted by Crippen LogP contribution is -2.35. The summed E-state index contributed by atoms with van der Waals surface area (Å²) in [4.78, 5) is 30.2. The van der Waals surface area contributed by atoms with Gasteiger partial charge >= 0.3 is 6.03 Å². The van der Waals surface area contributed by atoms with Gasteiger partial charge in [-0.25, -0.2) is 4.79 Å². The maximum Gasteiger partial charge on any atom is 0.327 e. The zero-order chi connectivity index (χ0) is 21.6. The van der Waals surface area contributed by atoms with E-state index in [9.17, 15) is 9.59 Å². The smallest absolute Gasteiger partial charge is 0.327 e. The molecule has 2 heterocycles. The van der Waals surface area contributed by atoms with Crippen molar-refractivity contribution >= 4 is 11.9 Å². The molecule has 6 nitrogen and oxygen atoms in total. The van der Waals surface area contributed by atoms with Crippen LogP contribution in [0.25, 0.3) is 11.1 Å². The van der Waals surface area contributed by atoms with Crippen LogP contribution in [0.5, 0.6) is 0 Å². The Morgan fingerprint density at radius 3 is 2.42 bits per heavy atom. The highest BCUT2D eigenvalue weighted by Crippen LogP contribution is 2.26. The average molecular weight is 422 g/mol. The van der Waals surface area contributed by atoms with Gasteiger partial charge in [-0.15, -0.1) is 0 Å². The number of imide groups is 1. The first kappa shape index (κ1) is 21.5. The molecule has 2 aliphatic rings. The van der Waals surface area contributed by atoms with E-state index in [0.29, 0.717) is 13.1 Å². The first-order valence-electron chi connectivity index (χ1n) is 11.2. The Kier molecular flexibility index (Phi) is 6.99. The number of hydrogen-bond acceptors (Lipinski definition) is 4. The standard InChI is InChI=1S/C25H31N3O3/c1-2-3-12-28-24(29)19-27(25(28)30)17-20-8-10-21(11-9-20)23-7-5-4-6-22(23)18-26-13-15-31-16-14-26/h4-11H,2-3,12-19H2,1H3. The molecule has 0 bridgehead atoms. The number of carbonyl (C=O) groups is 2. The maximum atomic E-state index is 12.6. The van der Waals surface area contributed by atoms with Crippen LogP contribution in [0.2, 0.25) is 0 Å². The number of urea groups is 1. The van der Waals surface area contributed by atoms with E-state index in [1.54, 1.807) is 4.90 Å². The number of ether oxygens (including phenoxy) is 1. The number of morpholine rings is 1. The van der Waals surface area contributed by atoms with E-state index in [1.807, 2.05) is 0 Å². The Hall–Kier alpha value is -2.70. The van der Waals surface area contributed by atoms with Gasteiger partial charge in [-0.05, 0) is 28.7 Å². The molecule has 0 radical (unpaired) electrons. The van der Waals surface area contributed by atoms with Crippen molar-refractivity contribution in [3.8, 4) is 11.1 Å². The number of nitrogens with zero attached hydrogens (tertiary/aromatic N) is 3. The van der Waals surface area contributed by atoms with E-state index in [0.717, 1.165) is 51.3 Å².